The number of hydrogen-bond acceptors (Lipinski definition) is 1. The molecule has 0 spiro atoms. The summed E-state index contributed by atoms with van der Waals surface area (Å²) in [5, 5.41) is 0. The van der Waals surface area contributed by atoms with Gasteiger partial charge in [-0.2, -0.15) is 0 Å². The molecule has 4 rings (SSSR count). The van der Waals surface area contributed by atoms with Crippen LogP contribution in [0.4, 0.5) is 0 Å². The second kappa shape index (κ2) is 4.38. The maximum Gasteiger partial charge on any atom is 0.128 e. The maximum absolute atomic E-state index is 6.12. The van der Waals surface area contributed by atoms with E-state index in [-0.39, 0.29) is 6.10 Å². The average molecular weight is 260 g/mol. The molecule has 0 saturated heterocycles. The highest BCUT2D eigenvalue weighted by Gasteiger charge is 2.36. The van der Waals surface area contributed by atoms with Crippen LogP contribution in [0.15, 0.2) is 66.8 Å². The van der Waals surface area contributed by atoms with Crippen molar-refractivity contribution in [3.8, 4) is 5.75 Å². The Hall–Kier alpha value is -2.28. The Morgan fingerprint density at radius 1 is 1.00 bits per heavy atom. The zero-order chi connectivity index (χ0) is 13.5. The number of ether oxygens (including phenoxy) is 1. The zero-order valence-corrected chi connectivity index (χ0v) is 11.4. The quantitative estimate of drug-likeness (QED) is 0.734. The van der Waals surface area contributed by atoms with E-state index < -0.39 is 0 Å². The van der Waals surface area contributed by atoms with Gasteiger partial charge in [0.25, 0.3) is 0 Å². The molecule has 2 atom stereocenters. The molecule has 0 fully saturated rings. The Morgan fingerprint density at radius 2 is 1.85 bits per heavy atom. The SMILES string of the molecule is Cc1ccc2c(c1)OC1C=CC=C(c3ccccc3)C21. The molecule has 2 unspecified atom stereocenters. The smallest absolute Gasteiger partial charge is 0.128 e. The summed E-state index contributed by atoms with van der Waals surface area (Å²) in [7, 11) is 0. The second-order valence-corrected chi connectivity index (χ2v) is 5.47. The van der Waals surface area contributed by atoms with Crippen LogP contribution in [-0.2, 0) is 0 Å². The first-order valence-corrected chi connectivity index (χ1v) is 7.04. The Bertz CT molecular complexity index is 710. The van der Waals surface area contributed by atoms with Crippen LogP contribution in [-0.4, -0.2) is 6.10 Å². The van der Waals surface area contributed by atoms with Crippen LogP contribution in [0.5, 0.6) is 5.75 Å². The van der Waals surface area contributed by atoms with Gasteiger partial charge in [-0.25, -0.2) is 0 Å². The highest BCUT2D eigenvalue weighted by Crippen LogP contribution is 2.47. The third-order valence-electron chi connectivity index (χ3n) is 4.11. The number of aryl methyl sites for hydroxylation is 1. The number of rotatable bonds is 1. The number of allylic oxidation sites excluding steroid dienone is 2. The highest BCUT2D eigenvalue weighted by atomic mass is 16.5. The third kappa shape index (κ3) is 1.70. The van der Waals surface area contributed by atoms with E-state index in [1.165, 1.54) is 22.3 Å². The first-order chi connectivity index (χ1) is 9.83. The Labute approximate surface area is 119 Å². The minimum Gasteiger partial charge on any atom is -0.485 e. The molecule has 0 N–H and O–H groups in total. The first kappa shape index (κ1) is 11.5. The molecule has 0 aromatic heterocycles. The molecule has 2 aliphatic rings. The largest absolute Gasteiger partial charge is 0.485 e. The summed E-state index contributed by atoms with van der Waals surface area (Å²) in [6, 6.07) is 17.1. The molecule has 0 radical (unpaired) electrons. The molecular weight excluding hydrogens is 244 g/mol. The number of benzene rings is 2. The minimum atomic E-state index is 0.131. The second-order valence-electron chi connectivity index (χ2n) is 5.47. The molecular formula is C19H16O. The predicted octanol–water partition coefficient (Wildman–Crippen LogP) is 4.49. The van der Waals surface area contributed by atoms with Crippen molar-refractivity contribution in [1.29, 1.82) is 0 Å². The average Bonchev–Trinajstić information content (AvgIpc) is 2.85. The molecule has 0 bridgehead atoms. The fourth-order valence-electron chi connectivity index (χ4n) is 3.17. The van der Waals surface area contributed by atoms with Gasteiger partial charge in [0, 0.05) is 5.56 Å². The van der Waals surface area contributed by atoms with Crippen LogP contribution in [0.2, 0.25) is 0 Å². The van der Waals surface area contributed by atoms with Gasteiger partial charge in [-0.05, 0) is 35.8 Å². The summed E-state index contributed by atoms with van der Waals surface area (Å²) in [4.78, 5) is 0. The van der Waals surface area contributed by atoms with E-state index in [0.717, 1.165) is 5.75 Å². The lowest BCUT2D eigenvalue weighted by Crippen LogP contribution is -2.19. The summed E-state index contributed by atoms with van der Waals surface area (Å²) in [5.74, 6) is 1.35. The summed E-state index contributed by atoms with van der Waals surface area (Å²) < 4.78 is 6.12. The summed E-state index contributed by atoms with van der Waals surface area (Å²) in [5.41, 5.74) is 5.18. The van der Waals surface area contributed by atoms with Gasteiger partial charge in [0.1, 0.15) is 11.9 Å². The minimum absolute atomic E-state index is 0.131. The molecule has 2 aromatic rings. The molecule has 20 heavy (non-hydrogen) atoms. The fourth-order valence-corrected chi connectivity index (χ4v) is 3.17. The molecule has 98 valence electrons. The lowest BCUT2D eigenvalue weighted by atomic mass is 9.81. The van der Waals surface area contributed by atoms with E-state index in [9.17, 15) is 0 Å². The molecule has 2 aromatic carbocycles. The van der Waals surface area contributed by atoms with Crippen molar-refractivity contribution in [2.45, 2.75) is 18.9 Å². The number of hydrogen-bond donors (Lipinski definition) is 0. The normalized spacial score (nSPS) is 22.8. The molecule has 1 heterocycles. The van der Waals surface area contributed by atoms with Gasteiger partial charge in [-0.15, -0.1) is 0 Å². The van der Waals surface area contributed by atoms with Crippen LogP contribution >= 0.6 is 0 Å². The van der Waals surface area contributed by atoms with E-state index in [1.807, 2.05) is 0 Å². The van der Waals surface area contributed by atoms with E-state index in [2.05, 4.69) is 73.7 Å². The Morgan fingerprint density at radius 3 is 2.70 bits per heavy atom. The van der Waals surface area contributed by atoms with Gasteiger partial charge >= 0.3 is 0 Å². The molecule has 0 saturated carbocycles. The van der Waals surface area contributed by atoms with Crippen molar-refractivity contribution >= 4 is 5.57 Å². The summed E-state index contributed by atoms with van der Waals surface area (Å²) in [6.07, 6.45) is 6.62. The molecule has 1 aliphatic heterocycles. The van der Waals surface area contributed by atoms with Crippen molar-refractivity contribution in [3.63, 3.8) is 0 Å². The van der Waals surface area contributed by atoms with Gasteiger partial charge in [0.15, 0.2) is 0 Å². The first-order valence-electron chi connectivity index (χ1n) is 7.04. The van der Waals surface area contributed by atoms with Crippen LogP contribution in [0.3, 0.4) is 0 Å². The van der Waals surface area contributed by atoms with Crippen LogP contribution in [0.25, 0.3) is 5.57 Å². The van der Waals surface area contributed by atoms with Crippen molar-refractivity contribution in [1.82, 2.24) is 0 Å². The van der Waals surface area contributed by atoms with E-state index >= 15 is 0 Å². The molecule has 1 heteroatoms. The molecule has 1 aliphatic carbocycles. The van der Waals surface area contributed by atoms with Crippen LogP contribution < -0.4 is 4.74 Å². The van der Waals surface area contributed by atoms with Gasteiger partial charge in [-0.3, -0.25) is 0 Å². The van der Waals surface area contributed by atoms with Gasteiger partial charge in [-0.1, -0.05) is 54.6 Å². The molecule has 0 amide bonds. The van der Waals surface area contributed by atoms with E-state index in [4.69, 9.17) is 4.74 Å². The Balaban J connectivity index is 1.84. The topological polar surface area (TPSA) is 9.23 Å². The monoisotopic (exact) mass is 260 g/mol. The van der Waals surface area contributed by atoms with Crippen molar-refractivity contribution < 1.29 is 4.74 Å². The van der Waals surface area contributed by atoms with Gasteiger partial charge in [0.2, 0.25) is 0 Å². The summed E-state index contributed by atoms with van der Waals surface area (Å²) >= 11 is 0. The standard InChI is InChI=1S/C19H16O/c1-13-10-11-16-18(12-13)20-17-9-5-8-15(19(16)17)14-6-3-2-4-7-14/h2-12,17,19H,1H3. The van der Waals surface area contributed by atoms with Gasteiger partial charge in [0.05, 0.1) is 5.92 Å². The lowest BCUT2D eigenvalue weighted by Gasteiger charge is -2.22. The van der Waals surface area contributed by atoms with E-state index in [1.54, 1.807) is 0 Å². The highest BCUT2D eigenvalue weighted by molar-refractivity contribution is 5.77. The van der Waals surface area contributed by atoms with E-state index in [0.29, 0.717) is 5.92 Å². The summed E-state index contributed by atoms with van der Waals surface area (Å²) in [6.45, 7) is 2.11. The van der Waals surface area contributed by atoms with Crippen molar-refractivity contribution in [2.24, 2.45) is 0 Å². The lowest BCUT2D eigenvalue weighted by molar-refractivity contribution is 0.271. The predicted molar refractivity (Wildman–Crippen MR) is 81.9 cm³/mol. The number of fused-ring (bicyclic) bond motifs is 3. The fraction of sp³-hybridized carbons (Fsp3) is 0.158. The zero-order valence-electron chi connectivity index (χ0n) is 11.4. The van der Waals surface area contributed by atoms with Crippen LogP contribution in [0.1, 0.15) is 22.6 Å². The van der Waals surface area contributed by atoms with Crippen LogP contribution in [0, 0.1) is 6.92 Å². The van der Waals surface area contributed by atoms with Crippen molar-refractivity contribution in [2.75, 3.05) is 0 Å². The third-order valence-corrected chi connectivity index (χ3v) is 4.11. The maximum atomic E-state index is 6.12. The van der Waals surface area contributed by atoms with Crippen molar-refractivity contribution in [3.05, 3.63) is 83.4 Å². The molecule has 1 nitrogen and oxygen atoms in total. The Kier molecular flexibility index (Phi) is 2.53. The van der Waals surface area contributed by atoms with Gasteiger partial charge < -0.3 is 4.74 Å².